The number of aromatic nitrogens is 2. The first-order valence-corrected chi connectivity index (χ1v) is 9.14. The van der Waals surface area contributed by atoms with E-state index < -0.39 is 36.1 Å². The number of benzene rings is 1. The maximum Gasteiger partial charge on any atom is 0.326 e. The third kappa shape index (κ3) is 3.35. The number of aromatic amines is 1. The Balaban J connectivity index is 1.72. The summed E-state index contributed by atoms with van der Waals surface area (Å²) in [7, 11) is 0. The van der Waals surface area contributed by atoms with Crippen LogP contribution < -0.4 is 10.9 Å². The zero-order valence-corrected chi connectivity index (χ0v) is 15.9. The SMILES string of the molecule is CCC1(CC)NC(=O)N(CC(=O)O[C@@H](C)c2nc3ccccc3c(=O)[nH]2)C1=O. The molecule has 1 fully saturated rings. The molecule has 1 aliphatic rings. The second kappa shape index (κ2) is 7.41. The van der Waals surface area contributed by atoms with Crippen LogP contribution in [0.25, 0.3) is 10.9 Å². The minimum Gasteiger partial charge on any atom is -0.453 e. The Morgan fingerprint density at radius 1 is 1.21 bits per heavy atom. The maximum absolute atomic E-state index is 12.6. The second-order valence-corrected chi connectivity index (χ2v) is 6.71. The number of ether oxygens (including phenoxy) is 1. The van der Waals surface area contributed by atoms with Gasteiger partial charge in [-0.15, -0.1) is 0 Å². The van der Waals surface area contributed by atoms with E-state index in [2.05, 4.69) is 15.3 Å². The van der Waals surface area contributed by atoms with E-state index in [0.29, 0.717) is 23.7 Å². The molecular formula is C19H22N4O5. The number of nitrogens with one attached hydrogen (secondary N) is 2. The number of urea groups is 1. The Morgan fingerprint density at radius 3 is 2.54 bits per heavy atom. The Hall–Kier alpha value is -3.23. The van der Waals surface area contributed by atoms with E-state index in [1.54, 1.807) is 45.0 Å². The molecule has 0 saturated carbocycles. The van der Waals surface area contributed by atoms with Crippen molar-refractivity contribution in [3.05, 3.63) is 40.4 Å². The molecule has 2 heterocycles. The van der Waals surface area contributed by atoms with Gasteiger partial charge in [-0.3, -0.25) is 19.3 Å². The first-order valence-electron chi connectivity index (χ1n) is 9.14. The number of amides is 3. The minimum atomic E-state index is -0.978. The van der Waals surface area contributed by atoms with Gasteiger partial charge < -0.3 is 15.0 Å². The lowest BCUT2D eigenvalue weighted by atomic mass is 9.93. The number of rotatable bonds is 6. The lowest BCUT2D eigenvalue weighted by molar-refractivity contribution is -0.152. The van der Waals surface area contributed by atoms with Crippen molar-refractivity contribution in [2.24, 2.45) is 0 Å². The van der Waals surface area contributed by atoms with Crippen LogP contribution >= 0.6 is 0 Å². The van der Waals surface area contributed by atoms with E-state index in [-0.39, 0.29) is 11.4 Å². The molecule has 2 N–H and O–H groups in total. The van der Waals surface area contributed by atoms with Gasteiger partial charge in [-0.05, 0) is 31.9 Å². The molecule has 0 spiro atoms. The van der Waals surface area contributed by atoms with Crippen LogP contribution in [0.5, 0.6) is 0 Å². The largest absolute Gasteiger partial charge is 0.453 e. The molecule has 9 heteroatoms. The topological polar surface area (TPSA) is 121 Å². The van der Waals surface area contributed by atoms with Crippen molar-refractivity contribution in [3.63, 3.8) is 0 Å². The van der Waals surface area contributed by atoms with Gasteiger partial charge in [-0.2, -0.15) is 0 Å². The van der Waals surface area contributed by atoms with Crippen LogP contribution in [0.4, 0.5) is 4.79 Å². The van der Waals surface area contributed by atoms with E-state index in [1.165, 1.54) is 0 Å². The quantitative estimate of drug-likeness (QED) is 0.575. The molecule has 2 aromatic rings. The van der Waals surface area contributed by atoms with E-state index in [1.807, 2.05) is 0 Å². The number of fused-ring (bicyclic) bond motifs is 1. The summed E-state index contributed by atoms with van der Waals surface area (Å²) in [5, 5.41) is 3.08. The first-order chi connectivity index (χ1) is 13.3. The van der Waals surface area contributed by atoms with Gasteiger partial charge in [0.1, 0.15) is 12.1 Å². The molecule has 3 amide bonds. The fourth-order valence-corrected chi connectivity index (χ4v) is 3.27. The van der Waals surface area contributed by atoms with Crippen LogP contribution in [0.3, 0.4) is 0 Å². The van der Waals surface area contributed by atoms with Crippen molar-refractivity contribution in [3.8, 4) is 0 Å². The number of nitrogens with zero attached hydrogens (tertiary/aromatic N) is 2. The van der Waals surface area contributed by atoms with Crippen LogP contribution in [-0.4, -0.2) is 44.9 Å². The van der Waals surface area contributed by atoms with Gasteiger partial charge >= 0.3 is 12.0 Å². The van der Waals surface area contributed by atoms with E-state index in [4.69, 9.17) is 4.74 Å². The summed E-state index contributed by atoms with van der Waals surface area (Å²) in [6.07, 6.45) is 0.00368. The Bertz CT molecular complexity index is 995. The molecule has 148 valence electrons. The molecule has 0 radical (unpaired) electrons. The van der Waals surface area contributed by atoms with Crippen LogP contribution in [0.2, 0.25) is 0 Å². The molecule has 0 aliphatic carbocycles. The summed E-state index contributed by atoms with van der Waals surface area (Å²) in [6.45, 7) is 4.65. The van der Waals surface area contributed by atoms with Gasteiger partial charge in [0.25, 0.3) is 11.5 Å². The molecule has 1 saturated heterocycles. The third-order valence-electron chi connectivity index (χ3n) is 5.06. The molecule has 1 aromatic heterocycles. The predicted molar refractivity (Wildman–Crippen MR) is 100 cm³/mol. The summed E-state index contributed by atoms with van der Waals surface area (Å²) in [5.41, 5.74) is -0.837. The number of para-hydroxylation sites is 1. The number of H-pyrrole nitrogens is 1. The van der Waals surface area contributed by atoms with Crippen LogP contribution in [0, 0.1) is 0 Å². The average Bonchev–Trinajstić information content (AvgIpc) is 2.92. The summed E-state index contributed by atoms with van der Waals surface area (Å²) in [4.78, 5) is 56.9. The van der Waals surface area contributed by atoms with Gasteiger partial charge in [0.2, 0.25) is 0 Å². The van der Waals surface area contributed by atoms with Gasteiger partial charge in [-0.1, -0.05) is 26.0 Å². The third-order valence-corrected chi connectivity index (χ3v) is 5.06. The van der Waals surface area contributed by atoms with Gasteiger partial charge in [-0.25, -0.2) is 9.78 Å². The zero-order valence-electron chi connectivity index (χ0n) is 15.9. The number of esters is 1. The molecular weight excluding hydrogens is 364 g/mol. The maximum atomic E-state index is 12.6. The predicted octanol–water partition coefficient (Wildman–Crippen LogP) is 1.64. The van der Waals surface area contributed by atoms with E-state index >= 15 is 0 Å². The molecule has 1 atom stereocenters. The number of hydrogen-bond donors (Lipinski definition) is 2. The van der Waals surface area contributed by atoms with Crippen LogP contribution in [0.1, 0.15) is 45.5 Å². The summed E-state index contributed by atoms with van der Waals surface area (Å²) < 4.78 is 5.29. The lowest BCUT2D eigenvalue weighted by Crippen LogP contribution is -2.46. The number of carbonyl (C=O) groups excluding carboxylic acids is 3. The van der Waals surface area contributed by atoms with E-state index in [9.17, 15) is 19.2 Å². The van der Waals surface area contributed by atoms with Crippen molar-refractivity contribution in [2.75, 3.05) is 6.54 Å². The Labute approximate surface area is 161 Å². The zero-order chi connectivity index (χ0) is 20.5. The first kappa shape index (κ1) is 19.5. The van der Waals surface area contributed by atoms with Gasteiger partial charge in [0, 0.05) is 0 Å². The fourth-order valence-electron chi connectivity index (χ4n) is 3.27. The number of carbonyl (C=O) groups is 3. The highest BCUT2D eigenvalue weighted by Crippen LogP contribution is 2.25. The number of hydrogen-bond acceptors (Lipinski definition) is 6. The Kier molecular flexibility index (Phi) is 5.17. The monoisotopic (exact) mass is 386 g/mol. The second-order valence-electron chi connectivity index (χ2n) is 6.71. The molecule has 3 rings (SSSR count). The van der Waals surface area contributed by atoms with Crippen molar-refractivity contribution in [1.82, 2.24) is 20.2 Å². The van der Waals surface area contributed by atoms with Crippen LogP contribution in [0.15, 0.2) is 29.1 Å². The fraction of sp³-hybridized carbons (Fsp3) is 0.421. The van der Waals surface area contributed by atoms with Crippen molar-refractivity contribution in [2.45, 2.75) is 45.3 Å². The summed E-state index contributed by atoms with van der Waals surface area (Å²) >= 11 is 0. The van der Waals surface area contributed by atoms with Crippen molar-refractivity contribution < 1.29 is 19.1 Å². The highest BCUT2D eigenvalue weighted by atomic mass is 16.5. The Morgan fingerprint density at radius 2 is 1.89 bits per heavy atom. The highest BCUT2D eigenvalue weighted by molar-refractivity contribution is 6.08. The van der Waals surface area contributed by atoms with Gasteiger partial charge in [0.05, 0.1) is 10.9 Å². The summed E-state index contributed by atoms with van der Waals surface area (Å²) in [5.74, 6) is -1.02. The van der Waals surface area contributed by atoms with Crippen molar-refractivity contribution in [1.29, 1.82) is 0 Å². The van der Waals surface area contributed by atoms with Crippen molar-refractivity contribution >= 4 is 28.8 Å². The van der Waals surface area contributed by atoms with Gasteiger partial charge in [0.15, 0.2) is 11.9 Å². The highest BCUT2D eigenvalue weighted by Gasteiger charge is 2.49. The molecule has 0 unspecified atom stereocenters. The smallest absolute Gasteiger partial charge is 0.326 e. The standard InChI is InChI=1S/C19H22N4O5/c1-4-19(5-2)17(26)23(18(27)22-19)10-14(24)28-11(3)15-20-13-9-7-6-8-12(13)16(25)21-15/h6-9,11H,4-5,10H2,1-3H3,(H,22,27)(H,20,21,25)/t11-/m0/s1. The lowest BCUT2D eigenvalue weighted by Gasteiger charge is -2.23. The molecule has 1 aromatic carbocycles. The minimum absolute atomic E-state index is 0.186. The molecule has 0 bridgehead atoms. The number of imide groups is 1. The molecule has 28 heavy (non-hydrogen) atoms. The normalized spacial score (nSPS) is 16.9. The molecule has 9 nitrogen and oxygen atoms in total. The summed E-state index contributed by atoms with van der Waals surface area (Å²) in [6, 6.07) is 6.20. The molecule has 1 aliphatic heterocycles. The van der Waals surface area contributed by atoms with Crippen LogP contribution in [-0.2, 0) is 14.3 Å². The average molecular weight is 386 g/mol. The van der Waals surface area contributed by atoms with E-state index in [0.717, 1.165) is 4.90 Å².